The third kappa shape index (κ3) is 4.03. The first-order valence-electron chi connectivity index (χ1n) is 8.66. The fourth-order valence-corrected chi connectivity index (χ4v) is 3.41. The van der Waals surface area contributed by atoms with Crippen molar-refractivity contribution in [3.05, 3.63) is 56.3 Å². The van der Waals surface area contributed by atoms with Gasteiger partial charge >= 0.3 is 0 Å². The van der Waals surface area contributed by atoms with Crippen LogP contribution in [0.1, 0.15) is 34.5 Å². The van der Waals surface area contributed by atoms with Crippen molar-refractivity contribution in [1.82, 2.24) is 29.9 Å². The number of hydrogen-bond donors (Lipinski definition) is 2. The van der Waals surface area contributed by atoms with E-state index in [1.807, 2.05) is 42.2 Å². The van der Waals surface area contributed by atoms with Crippen LogP contribution in [0.3, 0.4) is 0 Å². The summed E-state index contributed by atoms with van der Waals surface area (Å²) < 4.78 is 5.37. The lowest BCUT2D eigenvalue weighted by Crippen LogP contribution is -2.26. The maximum atomic E-state index is 12.4. The second kappa shape index (κ2) is 8.18. The van der Waals surface area contributed by atoms with E-state index in [1.165, 1.54) is 0 Å². The van der Waals surface area contributed by atoms with Gasteiger partial charge in [-0.2, -0.15) is 10.2 Å². The second-order valence-electron chi connectivity index (χ2n) is 6.14. The van der Waals surface area contributed by atoms with Gasteiger partial charge < -0.3 is 9.88 Å². The molecule has 0 unspecified atom stereocenters. The molecule has 142 valence electrons. The Hall–Kier alpha value is -2.26. The van der Waals surface area contributed by atoms with Crippen LogP contribution in [0.4, 0.5) is 0 Å². The predicted octanol–water partition coefficient (Wildman–Crippen LogP) is 3.50. The summed E-state index contributed by atoms with van der Waals surface area (Å²) in [4.78, 5) is 12.4. The maximum absolute atomic E-state index is 12.4. The van der Waals surface area contributed by atoms with Crippen molar-refractivity contribution in [2.45, 2.75) is 33.7 Å². The largest absolute Gasteiger partial charge is 0.352 e. The molecule has 0 radical (unpaired) electrons. The lowest BCUT2D eigenvalue weighted by Gasteiger charge is -2.08. The van der Waals surface area contributed by atoms with Gasteiger partial charge in [-0.05, 0) is 73.2 Å². The number of H-pyrrole nitrogens is 1. The quantitative estimate of drug-likeness (QED) is 0.565. The van der Waals surface area contributed by atoms with Crippen LogP contribution in [-0.2, 0) is 13.0 Å². The Balaban J connectivity index is 1.64. The summed E-state index contributed by atoms with van der Waals surface area (Å²) in [7, 11) is 0. The normalized spacial score (nSPS) is 11.0. The van der Waals surface area contributed by atoms with E-state index in [-0.39, 0.29) is 5.91 Å². The molecular formula is C18H21BrN6OS. The van der Waals surface area contributed by atoms with Crippen LogP contribution >= 0.6 is 28.1 Å². The van der Waals surface area contributed by atoms with E-state index in [0.717, 1.165) is 33.9 Å². The van der Waals surface area contributed by atoms with Crippen LogP contribution in [0.25, 0.3) is 5.69 Å². The molecule has 0 aliphatic heterocycles. The zero-order chi connectivity index (χ0) is 19.6. The molecule has 0 spiro atoms. The number of carbonyl (C=O) groups excluding carboxylic acids is 1. The standard InChI is InChI=1S/C18H21BrN6OS/c1-4-24-15(21-22-18(24)27)9-10-20-17(26)13-5-7-14(8-6-13)25-12(3)16(19)11(2)23-25/h5-8H,4,9-10H2,1-3H3,(H,20,26)(H,22,27). The molecule has 27 heavy (non-hydrogen) atoms. The van der Waals surface area contributed by atoms with Crippen LogP contribution < -0.4 is 5.32 Å². The van der Waals surface area contributed by atoms with E-state index in [4.69, 9.17) is 12.2 Å². The summed E-state index contributed by atoms with van der Waals surface area (Å²) in [5, 5.41) is 14.4. The van der Waals surface area contributed by atoms with Gasteiger partial charge in [0.2, 0.25) is 0 Å². The third-order valence-corrected chi connectivity index (χ3v) is 5.82. The number of aromatic amines is 1. The number of hydrogen-bond acceptors (Lipinski definition) is 4. The number of carbonyl (C=O) groups is 1. The van der Waals surface area contributed by atoms with Crippen molar-refractivity contribution >= 4 is 34.1 Å². The van der Waals surface area contributed by atoms with Gasteiger partial charge in [-0.15, -0.1) is 0 Å². The zero-order valence-electron chi connectivity index (χ0n) is 15.4. The Kier molecular flexibility index (Phi) is 5.91. The van der Waals surface area contributed by atoms with Gasteiger partial charge in [0.15, 0.2) is 4.77 Å². The highest BCUT2D eigenvalue weighted by molar-refractivity contribution is 9.10. The van der Waals surface area contributed by atoms with Gasteiger partial charge in [0.25, 0.3) is 5.91 Å². The number of rotatable bonds is 6. The van der Waals surface area contributed by atoms with Crippen molar-refractivity contribution < 1.29 is 4.79 Å². The number of nitrogens with zero attached hydrogens (tertiary/aromatic N) is 4. The summed E-state index contributed by atoms with van der Waals surface area (Å²) in [5.74, 6) is 0.724. The van der Waals surface area contributed by atoms with E-state index in [1.54, 1.807) is 12.1 Å². The molecule has 3 aromatic rings. The van der Waals surface area contributed by atoms with Crippen LogP contribution in [0.15, 0.2) is 28.7 Å². The molecule has 0 bridgehead atoms. The molecule has 7 nitrogen and oxygen atoms in total. The maximum Gasteiger partial charge on any atom is 0.251 e. The first-order chi connectivity index (χ1) is 12.9. The molecule has 0 aliphatic rings. The molecule has 0 saturated heterocycles. The van der Waals surface area contributed by atoms with Crippen LogP contribution in [0.2, 0.25) is 0 Å². The van der Waals surface area contributed by atoms with Gasteiger partial charge in [-0.3, -0.25) is 9.89 Å². The van der Waals surface area contributed by atoms with E-state index >= 15 is 0 Å². The molecule has 0 saturated carbocycles. The number of halogens is 1. The van der Waals surface area contributed by atoms with Crippen LogP contribution in [0.5, 0.6) is 0 Å². The number of aromatic nitrogens is 5. The Labute approximate surface area is 170 Å². The zero-order valence-corrected chi connectivity index (χ0v) is 17.8. The van der Waals surface area contributed by atoms with Gasteiger partial charge in [-0.25, -0.2) is 4.68 Å². The third-order valence-electron chi connectivity index (χ3n) is 4.36. The van der Waals surface area contributed by atoms with E-state index < -0.39 is 0 Å². The Morgan fingerprint density at radius 2 is 2.00 bits per heavy atom. The summed E-state index contributed by atoms with van der Waals surface area (Å²) in [6.45, 7) is 7.20. The average Bonchev–Trinajstić information content (AvgIpc) is 3.15. The van der Waals surface area contributed by atoms with E-state index in [2.05, 4.69) is 36.5 Å². The first-order valence-corrected chi connectivity index (χ1v) is 9.87. The lowest BCUT2D eigenvalue weighted by molar-refractivity contribution is 0.0954. The molecule has 2 aromatic heterocycles. The summed E-state index contributed by atoms with van der Waals surface area (Å²) in [6, 6.07) is 7.39. The summed E-state index contributed by atoms with van der Waals surface area (Å²) in [5.41, 5.74) is 3.47. The van der Waals surface area contributed by atoms with Gasteiger partial charge in [-0.1, -0.05) is 0 Å². The van der Waals surface area contributed by atoms with Crippen molar-refractivity contribution in [2.24, 2.45) is 0 Å². The van der Waals surface area contributed by atoms with Crippen molar-refractivity contribution in [3.63, 3.8) is 0 Å². The number of benzene rings is 1. The number of amides is 1. The highest BCUT2D eigenvalue weighted by atomic mass is 79.9. The van der Waals surface area contributed by atoms with Crippen molar-refractivity contribution in [3.8, 4) is 5.69 Å². The Bertz CT molecular complexity index is 1020. The number of nitrogens with one attached hydrogen (secondary N) is 2. The van der Waals surface area contributed by atoms with Crippen LogP contribution in [0, 0.1) is 18.6 Å². The molecule has 0 aliphatic carbocycles. The molecule has 1 amide bonds. The van der Waals surface area contributed by atoms with E-state index in [0.29, 0.717) is 23.3 Å². The lowest BCUT2D eigenvalue weighted by atomic mass is 10.2. The summed E-state index contributed by atoms with van der Waals surface area (Å²) in [6.07, 6.45) is 0.616. The fourth-order valence-electron chi connectivity index (χ4n) is 2.89. The highest BCUT2D eigenvalue weighted by Gasteiger charge is 2.12. The molecule has 9 heteroatoms. The predicted molar refractivity (Wildman–Crippen MR) is 110 cm³/mol. The van der Waals surface area contributed by atoms with Crippen molar-refractivity contribution in [1.29, 1.82) is 0 Å². The Morgan fingerprint density at radius 1 is 1.30 bits per heavy atom. The molecule has 0 atom stereocenters. The second-order valence-corrected chi connectivity index (χ2v) is 7.32. The monoisotopic (exact) mass is 448 g/mol. The topological polar surface area (TPSA) is 80.5 Å². The van der Waals surface area contributed by atoms with Crippen molar-refractivity contribution in [2.75, 3.05) is 6.54 Å². The molecule has 0 fully saturated rings. The minimum Gasteiger partial charge on any atom is -0.352 e. The average molecular weight is 449 g/mol. The van der Waals surface area contributed by atoms with E-state index in [9.17, 15) is 4.79 Å². The van der Waals surface area contributed by atoms with Gasteiger partial charge in [0.05, 0.1) is 21.5 Å². The molecule has 1 aromatic carbocycles. The van der Waals surface area contributed by atoms with Gasteiger partial charge in [0.1, 0.15) is 5.82 Å². The number of aryl methyl sites for hydroxylation is 1. The highest BCUT2D eigenvalue weighted by Crippen LogP contribution is 2.23. The van der Waals surface area contributed by atoms with Crippen LogP contribution in [-0.4, -0.2) is 37.0 Å². The summed E-state index contributed by atoms with van der Waals surface area (Å²) >= 11 is 8.70. The molecular weight excluding hydrogens is 428 g/mol. The molecule has 2 heterocycles. The molecule has 2 N–H and O–H groups in total. The SMILES string of the molecule is CCn1c(CCNC(=O)c2ccc(-n3nc(C)c(Br)c3C)cc2)n[nH]c1=S. The Morgan fingerprint density at radius 3 is 2.59 bits per heavy atom. The minimum atomic E-state index is -0.117. The fraction of sp³-hybridized carbons (Fsp3) is 0.333. The minimum absolute atomic E-state index is 0.117. The van der Waals surface area contributed by atoms with Gasteiger partial charge in [0, 0.05) is 25.1 Å². The smallest absolute Gasteiger partial charge is 0.251 e. The first kappa shape index (κ1) is 19.5. The molecule has 3 rings (SSSR count).